The predicted molar refractivity (Wildman–Crippen MR) is 85.6 cm³/mol. The number of pyridine rings is 2. The first kappa shape index (κ1) is 14.5. The van der Waals surface area contributed by atoms with Crippen LogP contribution in [-0.4, -0.2) is 17.1 Å². The van der Waals surface area contributed by atoms with Crippen molar-refractivity contribution in [2.75, 3.05) is 7.11 Å². The van der Waals surface area contributed by atoms with Crippen molar-refractivity contribution in [1.82, 2.24) is 9.97 Å². The third kappa shape index (κ3) is 3.08. The minimum atomic E-state index is 0.583. The zero-order valence-electron chi connectivity index (χ0n) is 11.9. The zero-order valence-corrected chi connectivity index (χ0v) is 12.6. The third-order valence-electron chi connectivity index (χ3n) is 3.13. The van der Waals surface area contributed by atoms with Gasteiger partial charge in [0.05, 0.1) is 17.8 Å². The Hall–Kier alpha value is -2.43. The normalized spacial score (nSPS) is 10.5. The molecule has 4 nitrogen and oxygen atoms in total. The molecule has 22 heavy (non-hydrogen) atoms. The molecule has 0 saturated carbocycles. The van der Waals surface area contributed by atoms with Gasteiger partial charge in [-0.1, -0.05) is 23.7 Å². The Bertz CT molecular complexity index is 761. The zero-order chi connectivity index (χ0) is 15.4. The van der Waals surface area contributed by atoms with Gasteiger partial charge in [0.15, 0.2) is 5.75 Å². The highest BCUT2D eigenvalue weighted by molar-refractivity contribution is 6.30. The van der Waals surface area contributed by atoms with Crippen LogP contribution in [0.5, 0.6) is 5.75 Å². The van der Waals surface area contributed by atoms with E-state index < -0.39 is 0 Å². The van der Waals surface area contributed by atoms with Crippen molar-refractivity contribution >= 4 is 11.6 Å². The Labute approximate surface area is 133 Å². The van der Waals surface area contributed by atoms with Crippen LogP contribution < -0.4 is 4.89 Å². The molecule has 2 heterocycles. The largest absolute Gasteiger partial charge is 0.338 e. The average Bonchev–Trinajstić information content (AvgIpc) is 2.57. The van der Waals surface area contributed by atoms with Crippen LogP contribution >= 0.6 is 11.6 Å². The van der Waals surface area contributed by atoms with E-state index in [1.165, 1.54) is 7.11 Å². The van der Waals surface area contributed by atoms with Gasteiger partial charge in [0, 0.05) is 29.7 Å². The number of benzene rings is 1. The molecule has 0 N–H and O–H groups in total. The summed E-state index contributed by atoms with van der Waals surface area (Å²) < 4.78 is 0. The molecular weight excluding hydrogens is 300 g/mol. The van der Waals surface area contributed by atoms with E-state index in [9.17, 15) is 0 Å². The number of rotatable bonds is 4. The second-order valence-corrected chi connectivity index (χ2v) is 5.00. The fourth-order valence-electron chi connectivity index (χ4n) is 2.18. The van der Waals surface area contributed by atoms with Gasteiger partial charge in [-0.3, -0.25) is 9.97 Å². The maximum absolute atomic E-state index is 6.11. The number of halogens is 1. The summed E-state index contributed by atoms with van der Waals surface area (Å²) in [6.45, 7) is 0. The summed E-state index contributed by atoms with van der Waals surface area (Å²) in [5, 5.41) is 0.583. The molecule has 0 radical (unpaired) electrons. The lowest BCUT2D eigenvalue weighted by Crippen LogP contribution is -1.92. The van der Waals surface area contributed by atoms with E-state index in [-0.39, 0.29) is 0 Å². The number of nitrogens with zero attached hydrogens (tertiary/aromatic N) is 2. The second-order valence-electron chi connectivity index (χ2n) is 4.57. The standard InChI is InChI=1S/C17H13ClN2O2/c1-21-22-15-6-4-12(5-7-15)16-9-14(18)11-20-17(16)13-3-2-8-19-10-13/h2-11H,1H3. The topological polar surface area (TPSA) is 44.2 Å². The molecule has 0 spiro atoms. The molecule has 0 amide bonds. The molecule has 110 valence electrons. The quantitative estimate of drug-likeness (QED) is 0.529. The molecule has 0 saturated heterocycles. The molecule has 0 aliphatic carbocycles. The number of hydrogen-bond donors (Lipinski definition) is 0. The van der Waals surface area contributed by atoms with Gasteiger partial charge in [-0.15, -0.1) is 0 Å². The van der Waals surface area contributed by atoms with Crippen molar-refractivity contribution < 1.29 is 9.78 Å². The van der Waals surface area contributed by atoms with Crippen LogP contribution in [0.4, 0.5) is 0 Å². The Morgan fingerprint density at radius 3 is 2.50 bits per heavy atom. The minimum absolute atomic E-state index is 0.583. The highest BCUT2D eigenvalue weighted by Gasteiger charge is 2.10. The van der Waals surface area contributed by atoms with E-state index in [4.69, 9.17) is 16.5 Å². The van der Waals surface area contributed by atoms with Crippen LogP contribution in [-0.2, 0) is 4.89 Å². The van der Waals surface area contributed by atoms with Crippen molar-refractivity contribution in [3.63, 3.8) is 0 Å². The molecule has 0 fully saturated rings. The fraction of sp³-hybridized carbons (Fsp3) is 0.0588. The first-order chi connectivity index (χ1) is 10.8. The van der Waals surface area contributed by atoms with Crippen LogP contribution in [0, 0.1) is 0 Å². The highest BCUT2D eigenvalue weighted by atomic mass is 35.5. The lowest BCUT2D eigenvalue weighted by Gasteiger charge is -2.10. The second kappa shape index (κ2) is 6.56. The molecular formula is C17H13ClN2O2. The van der Waals surface area contributed by atoms with E-state index in [0.717, 1.165) is 22.4 Å². The van der Waals surface area contributed by atoms with Crippen LogP contribution in [0.1, 0.15) is 0 Å². The molecule has 0 aliphatic heterocycles. The van der Waals surface area contributed by atoms with Crippen molar-refractivity contribution in [3.05, 3.63) is 66.1 Å². The number of aromatic nitrogens is 2. The summed E-state index contributed by atoms with van der Waals surface area (Å²) in [5.41, 5.74) is 3.69. The Balaban J connectivity index is 2.07. The Morgan fingerprint density at radius 2 is 1.82 bits per heavy atom. The van der Waals surface area contributed by atoms with Crippen molar-refractivity contribution in [2.24, 2.45) is 0 Å². The summed E-state index contributed by atoms with van der Waals surface area (Å²) in [5.74, 6) is 0.629. The molecule has 2 aromatic heterocycles. The van der Waals surface area contributed by atoms with Crippen LogP contribution in [0.25, 0.3) is 22.4 Å². The first-order valence-electron chi connectivity index (χ1n) is 6.65. The lowest BCUT2D eigenvalue weighted by molar-refractivity contribution is -0.178. The maximum atomic E-state index is 6.11. The van der Waals surface area contributed by atoms with Gasteiger partial charge >= 0.3 is 0 Å². The Kier molecular flexibility index (Phi) is 4.32. The smallest absolute Gasteiger partial charge is 0.165 e. The van der Waals surface area contributed by atoms with Crippen molar-refractivity contribution in [2.45, 2.75) is 0 Å². The summed E-state index contributed by atoms with van der Waals surface area (Å²) in [6, 6.07) is 13.3. The summed E-state index contributed by atoms with van der Waals surface area (Å²) in [7, 11) is 1.47. The lowest BCUT2D eigenvalue weighted by atomic mass is 10.0. The highest BCUT2D eigenvalue weighted by Crippen LogP contribution is 2.32. The summed E-state index contributed by atoms with van der Waals surface area (Å²) >= 11 is 6.11. The van der Waals surface area contributed by atoms with Gasteiger partial charge < -0.3 is 4.89 Å². The molecule has 3 aromatic rings. The third-order valence-corrected chi connectivity index (χ3v) is 3.34. The molecule has 3 rings (SSSR count). The van der Waals surface area contributed by atoms with Crippen LogP contribution in [0.2, 0.25) is 5.02 Å². The first-order valence-corrected chi connectivity index (χ1v) is 7.03. The molecule has 0 bridgehead atoms. The van der Waals surface area contributed by atoms with E-state index in [0.29, 0.717) is 10.8 Å². The van der Waals surface area contributed by atoms with Crippen molar-refractivity contribution in [1.29, 1.82) is 0 Å². The SMILES string of the molecule is COOc1ccc(-c2cc(Cl)cnc2-c2cccnc2)cc1. The van der Waals surface area contributed by atoms with Gasteiger partial charge in [0.2, 0.25) is 0 Å². The maximum Gasteiger partial charge on any atom is 0.165 e. The number of hydrogen-bond acceptors (Lipinski definition) is 4. The van der Waals surface area contributed by atoms with Gasteiger partial charge in [-0.05, 0) is 35.9 Å². The summed E-state index contributed by atoms with van der Waals surface area (Å²) in [6.07, 6.45) is 5.15. The van der Waals surface area contributed by atoms with Crippen LogP contribution in [0.3, 0.4) is 0 Å². The van der Waals surface area contributed by atoms with E-state index in [1.807, 2.05) is 42.5 Å². The monoisotopic (exact) mass is 312 g/mol. The van der Waals surface area contributed by atoms with Gasteiger partial charge in [-0.2, -0.15) is 4.89 Å². The van der Waals surface area contributed by atoms with Crippen molar-refractivity contribution in [3.8, 4) is 28.1 Å². The van der Waals surface area contributed by atoms with E-state index >= 15 is 0 Å². The van der Waals surface area contributed by atoms with Gasteiger partial charge in [0.1, 0.15) is 0 Å². The average molecular weight is 313 g/mol. The van der Waals surface area contributed by atoms with Gasteiger partial charge in [-0.25, -0.2) is 0 Å². The Morgan fingerprint density at radius 1 is 1.00 bits per heavy atom. The van der Waals surface area contributed by atoms with E-state index in [2.05, 4.69) is 14.9 Å². The molecule has 0 unspecified atom stereocenters. The van der Waals surface area contributed by atoms with E-state index in [1.54, 1.807) is 18.6 Å². The summed E-state index contributed by atoms with van der Waals surface area (Å²) in [4.78, 5) is 18.2. The van der Waals surface area contributed by atoms with Gasteiger partial charge in [0.25, 0.3) is 0 Å². The molecule has 0 atom stereocenters. The fourth-order valence-corrected chi connectivity index (χ4v) is 2.34. The molecule has 0 aliphatic rings. The molecule has 5 heteroatoms. The van der Waals surface area contributed by atoms with Crippen LogP contribution in [0.15, 0.2) is 61.1 Å². The minimum Gasteiger partial charge on any atom is -0.338 e. The molecule has 1 aromatic carbocycles. The predicted octanol–water partition coefficient (Wildman–Crippen LogP) is 4.40.